The summed E-state index contributed by atoms with van der Waals surface area (Å²) in [7, 11) is 0. The number of hydrogen-bond donors (Lipinski definition) is 2. The fourth-order valence-corrected chi connectivity index (χ4v) is 2.31. The van der Waals surface area contributed by atoms with Crippen LogP contribution in [0.25, 0.3) is 0 Å². The monoisotopic (exact) mass is 249 g/mol. The molecule has 2 rings (SSSR count). The molecule has 2 N–H and O–H groups in total. The Morgan fingerprint density at radius 3 is 2.39 bits per heavy atom. The van der Waals surface area contributed by atoms with Gasteiger partial charge in [-0.3, -0.25) is 14.9 Å². The van der Waals surface area contributed by atoms with Gasteiger partial charge in [0, 0.05) is 12.4 Å². The first-order valence-corrected chi connectivity index (χ1v) is 5.99. The van der Waals surface area contributed by atoms with Gasteiger partial charge < -0.3 is 5.11 Å². The summed E-state index contributed by atoms with van der Waals surface area (Å²) in [6.45, 7) is 0. The summed E-state index contributed by atoms with van der Waals surface area (Å²) in [5.74, 6) is -2.06. The van der Waals surface area contributed by atoms with Crippen LogP contribution in [0.4, 0.5) is 5.95 Å². The van der Waals surface area contributed by atoms with Crippen LogP contribution in [0.3, 0.4) is 0 Å². The molecule has 2 atom stereocenters. The first-order chi connectivity index (χ1) is 8.68. The number of carbonyl (C=O) groups excluding carboxylic acids is 1. The van der Waals surface area contributed by atoms with Crippen LogP contribution in [0.15, 0.2) is 18.5 Å². The molecule has 1 heterocycles. The Labute approximate surface area is 104 Å². The zero-order valence-electron chi connectivity index (χ0n) is 9.87. The third-order valence-corrected chi connectivity index (χ3v) is 3.22. The molecule has 0 radical (unpaired) electrons. The minimum Gasteiger partial charge on any atom is -0.481 e. The number of rotatable bonds is 3. The number of aromatic nitrogens is 2. The van der Waals surface area contributed by atoms with Crippen molar-refractivity contribution in [3.8, 4) is 0 Å². The maximum Gasteiger partial charge on any atom is 0.307 e. The van der Waals surface area contributed by atoms with Crippen LogP contribution in [-0.2, 0) is 9.59 Å². The van der Waals surface area contributed by atoms with E-state index < -0.39 is 17.8 Å². The molecule has 96 valence electrons. The van der Waals surface area contributed by atoms with Crippen LogP contribution in [0.2, 0.25) is 0 Å². The molecule has 18 heavy (non-hydrogen) atoms. The second-order valence-corrected chi connectivity index (χ2v) is 4.40. The molecule has 1 aliphatic carbocycles. The van der Waals surface area contributed by atoms with Crippen molar-refractivity contribution < 1.29 is 14.7 Å². The quantitative estimate of drug-likeness (QED) is 0.842. The van der Waals surface area contributed by atoms with Crippen molar-refractivity contribution in [3.63, 3.8) is 0 Å². The van der Waals surface area contributed by atoms with E-state index in [1.165, 1.54) is 12.4 Å². The average molecular weight is 249 g/mol. The second-order valence-electron chi connectivity index (χ2n) is 4.40. The SMILES string of the molecule is O=C(O)[C@@H]1CCCC[C@H]1C(=O)Nc1ncccn1. The van der Waals surface area contributed by atoms with Crippen molar-refractivity contribution in [1.29, 1.82) is 0 Å². The van der Waals surface area contributed by atoms with Gasteiger partial charge in [0.2, 0.25) is 11.9 Å². The van der Waals surface area contributed by atoms with Gasteiger partial charge in [-0.1, -0.05) is 12.8 Å². The molecule has 0 unspecified atom stereocenters. The Morgan fingerprint density at radius 2 is 1.78 bits per heavy atom. The van der Waals surface area contributed by atoms with E-state index in [4.69, 9.17) is 5.11 Å². The molecule has 1 aliphatic rings. The van der Waals surface area contributed by atoms with Crippen LogP contribution >= 0.6 is 0 Å². The molecular formula is C12H15N3O3. The fraction of sp³-hybridized carbons (Fsp3) is 0.500. The van der Waals surface area contributed by atoms with Gasteiger partial charge in [0.05, 0.1) is 11.8 Å². The molecule has 1 aromatic rings. The summed E-state index contributed by atoms with van der Waals surface area (Å²) in [6.07, 6.45) is 5.97. The molecule has 0 spiro atoms. The normalized spacial score (nSPS) is 23.3. The topological polar surface area (TPSA) is 92.2 Å². The van der Waals surface area contributed by atoms with Crippen LogP contribution in [-0.4, -0.2) is 27.0 Å². The molecule has 1 saturated carbocycles. The molecule has 1 fully saturated rings. The number of carboxylic acids is 1. The maximum absolute atomic E-state index is 12.0. The van der Waals surface area contributed by atoms with Gasteiger partial charge in [0.1, 0.15) is 0 Å². The number of anilines is 1. The van der Waals surface area contributed by atoms with Gasteiger partial charge >= 0.3 is 5.97 Å². The Bertz CT molecular complexity index is 435. The van der Waals surface area contributed by atoms with Crippen molar-refractivity contribution in [3.05, 3.63) is 18.5 Å². The molecule has 6 heteroatoms. The summed E-state index contributed by atoms with van der Waals surface area (Å²) in [4.78, 5) is 30.9. The van der Waals surface area contributed by atoms with Crippen LogP contribution in [0, 0.1) is 11.8 Å². The molecule has 6 nitrogen and oxygen atoms in total. The first kappa shape index (κ1) is 12.5. The maximum atomic E-state index is 12.0. The number of nitrogens with zero attached hydrogens (tertiary/aromatic N) is 2. The first-order valence-electron chi connectivity index (χ1n) is 5.99. The Kier molecular flexibility index (Phi) is 3.86. The summed E-state index contributed by atoms with van der Waals surface area (Å²) < 4.78 is 0. The highest BCUT2D eigenvalue weighted by atomic mass is 16.4. The highest BCUT2D eigenvalue weighted by Crippen LogP contribution is 2.30. The summed E-state index contributed by atoms with van der Waals surface area (Å²) in [6, 6.07) is 1.65. The van der Waals surface area contributed by atoms with E-state index in [-0.39, 0.29) is 11.9 Å². The Balaban J connectivity index is 2.05. The summed E-state index contributed by atoms with van der Waals surface area (Å²) in [5.41, 5.74) is 0. The molecule has 1 aromatic heterocycles. The third-order valence-electron chi connectivity index (χ3n) is 3.22. The van der Waals surface area contributed by atoms with E-state index in [0.717, 1.165) is 12.8 Å². The van der Waals surface area contributed by atoms with Crippen molar-refractivity contribution in [2.24, 2.45) is 11.8 Å². The minimum atomic E-state index is -0.899. The third kappa shape index (κ3) is 2.82. The lowest BCUT2D eigenvalue weighted by molar-refractivity contribution is -0.147. The molecule has 0 aliphatic heterocycles. The molecule has 0 aromatic carbocycles. The predicted molar refractivity (Wildman–Crippen MR) is 63.7 cm³/mol. The Morgan fingerprint density at radius 1 is 1.17 bits per heavy atom. The number of nitrogens with one attached hydrogen (secondary N) is 1. The molecule has 1 amide bonds. The number of carboxylic acid groups (broad SMARTS) is 1. The minimum absolute atomic E-state index is 0.220. The van der Waals surface area contributed by atoms with Crippen molar-refractivity contribution in [2.75, 3.05) is 5.32 Å². The smallest absolute Gasteiger partial charge is 0.307 e. The van der Waals surface area contributed by atoms with Crippen LogP contribution in [0.5, 0.6) is 0 Å². The lowest BCUT2D eigenvalue weighted by Gasteiger charge is -2.27. The zero-order chi connectivity index (χ0) is 13.0. The second kappa shape index (κ2) is 5.57. The molecule has 0 bridgehead atoms. The van der Waals surface area contributed by atoms with Gasteiger partial charge in [-0.05, 0) is 18.9 Å². The van der Waals surface area contributed by atoms with E-state index >= 15 is 0 Å². The number of aliphatic carboxylic acids is 1. The van der Waals surface area contributed by atoms with E-state index in [9.17, 15) is 9.59 Å². The van der Waals surface area contributed by atoms with Gasteiger partial charge in [0.15, 0.2) is 0 Å². The summed E-state index contributed by atoms with van der Waals surface area (Å²) in [5, 5.41) is 11.7. The van der Waals surface area contributed by atoms with Gasteiger partial charge in [-0.2, -0.15) is 0 Å². The van der Waals surface area contributed by atoms with E-state index in [2.05, 4.69) is 15.3 Å². The highest BCUT2D eigenvalue weighted by molar-refractivity contribution is 5.93. The van der Waals surface area contributed by atoms with E-state index in [0.29, 0.717) is 12.8 Å². The molecule has 0 saturated heterocycles. The largest absolute Gasteiger partial charge is 0.481 e. The predicted octanol–water partition coefficient (Wildman–Crippen LogP) is 1.31. The Hall–Kier alpha value is -1.98. The van der Waals surface area contributed by atoms with Gasteiger partial charge in [-0.25, -0.2) is 9.97 Å². The lowest BCUT2D eigenvalue weighted by atomic mass is 9.79. The van der Waals surface area contributed by atoms with Gasteiger partial charge in [0.25, 0.3) is 0 Å². The standard InChI is InChI=1S/C12H15N3O3/c16-10(15-12-13-6-3-7-14-12)8-4-1-2-5-9(8)11(17)18/h3,6-9H,1-2,4-5H2,(H,17,18)(H,13,14,15,16)/t8-,9-/m1/s1. The number of amides is 1. The number of carbonyl (C=O) groups is 2. The van der Waals surface area contributed by atoms with Crippen molar-refractivity contribution in [1.82, 2.24) is 9.97 Å². The average Bonchev–Trinajstić information content (AvgIpc) is 2.40. The van der Waals surface area contributed by atoms with Crippen molar-refractivity contribution in [2.45, 2.75) is 25.7 Å². The summed E-state index contributed by atoms with van der Waals surface area (Å²) >= 11 is 0. The van der Waals surface area contributed by atoms with Gasteiger partial charge in [-0.15, -0.1) is 0 Å². The molecular weight excluding hydrogens is 234 g/mol. The van der Waals surface area contributed by atoms with Crippen molar-refractivity contribution >= 4 is 17.8 Å². The van der Waals surface area contributed by atoms with Crippen LogP contribution in [0.1, 0.15) is 25.7 Å². The lowest BCUT2D eigenvalue weighted by Crippen LogP contribution is -2.36. The zero-order valence-corrected chi connectivity index (χ0v) is 9.87. The van der Waals surface area contributed by atoms with E-state index in [1.807, 2.05) is 0 Å². The fourth-order valence-electron chi connectivity index (χ4n) is 2.31. The highest BCUT2D eigenvalue weighted by Gasteiger charge is 2.35. The van der Waals surface area contributed by atoms with Crippen LogP contribution < -0.4 is 5.32 Å². The van der Waals surface area contributed by atoms with E-state index in [1.54, 1.807) is 6.07 Å². The number of hydrogen-bond acceptors (Lipinski definition) is 4.